The molecule has 3 N–H and O–H groups in total. The van der Waals surface area contributed by atoms with Gasteiger partial charge in [-0.2, -0.15) is 5.10 Å². The zero-order valence-electron chi connectivity index (χ0n) is 14.8. The van der Waals surface area contributed by atoms with Gasteiger partial charge in [0.15, 0.2) is 5.65 Å². The van der Waals surface area contributed by atoms with E-state index in [1.807, 2.05) is 25.4 Å². The molecule has 2 unspecified atom stereocenters. The predicted molar refractivity (Wildman–Crippen MR) is 103 cm³/mol. The van der Waals surface area contributed by atoms with Gasteiger partial charge < -0.3 is 5.32 Å². The molecule has 136 valence electrons. The van der Waals surface area contributed by atoms with E-state index in [0.717, 1.165) is 47.2 Å². The zero-order chi connectivity index (χ0) is 18.1. The van der Waals surface area contributed by atoms with Crippen molar-refractivity contribution in [1.29, 1.82) is 0 Å². The summed E-state index contributed by atoms with van der Waals surface area (Å²) in [5.74, 6) is 2.05. The number of hydrazine groups is 1. The summed E-state index contributed by atoms with van der Waals surface area (Å²) in [6, 6.07) is 8.21. The van der Waals surface area contributed by atoms with Crippen LogP contribution in [-0.4, -0.2) is 32.8 Å². The Morgan fingerprint density at radius 3 is 2.85 bits per heavy atom. The SMILES string of the molecule is CCc1nc(NCC2CNNC2c2ccc(Cl)cc2)c2cnn(C)c2n1. The lowest BCUT2D eigenvalue weighted by molar-refractivity contribution is 0.492. The summed E-state index contributed by atoms with van der Waals surface area (Å²) in [6.45, 7) is 3.72. The maximum atomic E-state index is 6.01. The Morgan fingerprint density at radius 2 is 2.08 bits per heavy atom. The molecule has 0 radical (unpaired) electrons. The zero-order valence-corrected chi connectivity index (χ0v) is 15.6. The van der Waals surface area contributed by atoms with E-state index in [2.05, 4.69) is 50.3 Å². The lowest BCUT2D eigenvalue weighted by atomic mass is 9.95. The minimum Gasteiger partial charge on any atom is -0.369 e. The maximum Gasteiger partial charge on any atom is 0.163 e. The highest BCUT2D eigenvalue weighted by Gasteiger charge is 2.28. The second-order valence-corrected chi connectivity index (χ2v) is 6.98. The number of hydrogen-bond donors (Lipinski definition) is 3. The maximum absolute atomic E-state index is 6.01. The van der Waals surface area contributed by atoms with Crippen LogP contribution >= 0.6 is 11.6 Å². The van der Waals surface area contributed by atoms with Crippen molar-refractivity contribution >= 4 is 28.5 Å². The van der Waals surface area contributed by atoms with E-state index >= 15 is 0 Å². The summed E-state index contributed by atoms with van der Waals surface area (Å²) in [5, 5.41) is 9.54. The third-order valence-corrected chi connectivity index (χ3v) is 5.06. The standard InChI is InChI=1S/C18H22ClN7/c1-3-15-23-17(14-10-22-26(2)18(14)24-15)20-8-12-9-21-25-16(12)11-4-6-13(19)7-5-11/h4-7,10,12,16,21,25H,3,8-9H2,1-2H3,(H,20,23,24). The summed E-state index contributed by atoms with van der Waals surface area (Å²) in [7, 11) is 1.90. The molecule has 0 saturated carbocycles. The molecule has 2 atom stereocenters. The summed E-state index contributed by atoms with van der Waals surface area (Å²) in [4.78, 5) is 9.25. The van der Waals surface area contributed by atoms with Crippen molar-refractivity contribution in [3.8, 4) is 0 Å². The number of nitrogens with one attached hydrogen (secondary N) is 3. The summed E-state index contributed by atoms with van der Waals surface area (Å²) >= 11 is 6.01. The van der Waals surface area contributed by atoms with Gasteiger partial charge in [-0.05, 0) is 17.7 Å². The van der Waals surface area contributed by atoms with Gasteiger partial charge in [-0.3, -0.25) is 10.1 Å². The van der Waals surface area contributed by atoms with Crippen molar-refractivity contribution in [2.75, 3.05) is 18.4 Å². The van der Waals surface area contributed by atoms with Crippen LogP contribution in [-0.2, 0) is 13.5 Å². The Balaban J connectivity index is 1.55. The first kappa shape index (κ1) is 17.2. The average molecular weight is 372 g/mol. The summed E-state index contributed by atoms with van der Waals surface area (Å²) in [5.41, 5.74) is 8.70. The van der Waals surface area contributed by atoms with E-state index in [-0.39, 0.29) is 6.04 Å². The number of aromatic nitrogens is 4. The minimum atomic E-state index is 0.219. The minimum absolute atomic E-state index is 0.219. The van der Waals surface area contributed by atoms with Crippen molar-refractivity contribution in [2.24, 2.45) is 13.0 Å². The molecule has 1 saturated heterocycles. The molecule has 1 aliphatic heterocycles. The molecule has 3 heterocycles. The number of hydrogen-bond acceptors (Lipinski definition) is 6. The van der Waals surface area contributed by atoms with Crippen LogP contribution in [0.3, 0.4) is 0 Å². The number of halogens is 1. The number of aryl methyl sites for hydroxylation is 2. The van der Waals surface area contributed by atoms with E-state index < -0.39 is 0 Å². The van der Waals surface area contributed by atoms with Crippen LogP contribution in [0, 0.1) is 5.92 Å². The van der Waals surface area contributed by atoms with Crippen LogP contribution in [0.15, 0.2) is 30.5 Å². The fraction of sp³-hybridized carbons (Fsp3) is 0.389. The van der Waals surface area contributed by atoms with Gasteiger partial charge in [0.2, 0.25) is 0 Å². The van der Waals surface area contributed by atoms with Crippen molar-refractivity contribution in [2.45, 2.75) is 19.4 Å². The highest BCUT2D eigenvalue weighted by molar-refractivity contribution is 6.30. The molecular weight excluding hydrogens is 350 g/mol. The van der Waals surface area contributed by atoms with Crippen molar-refractivity contribution < 1.29 is 0 Å². The first-order chi connectivity index (χ1) is 12.7. The van der Waals surface area contributed by atoms with Crippen LogP contribution in [0.2, 0.25) is 5.02 Å². The molecule has 2 aromatic heterocycles. The van der Waals surface area contributed by atoms with Gasteiger partial charge in [0.25, 0.3) is 0 Å². The topological polar surface area (TPSA) is 79.7 Å². The molecule has 0 aliphatic carbocycles. The fourth-order valence-corrected chi connectivity index (χ4v) is 3.47. The van der Waals surface area contributed by atoms with Gasteiger partial charge in [0.1, 0.15) is 11.6 Å². The van der Waals surface area contributed by atoms with E-state index in [9.17, 15) is 0 Å². The van der Waals surface area contributed by atoms with Gasteiger partial charge in [-0.25, -0.2) is 15.4 Å². The molecule has 3 aromatic rings. The molecule has 0 bridgehead atoms. The van der Waals surface area contributed by atoms with Gasteiger partial charge in [-0.15, -0.1) is 0 Å². The highest BCUT2D eigenvalue weighted by Crippen LogP contribution is 2.27. The average Bonchev–Trinajstić information content (AvgIpc) is 3.27. The molecule has 0 spiro atoms. The molecule has 1 aliphatic rings. The van der Waals surface area contributed by atoms with Crippen molar-refractivity contribution in [1.82, 2.24) is 30.6 Å². The number of anilines is 1. The lowest BCUT2D eigenvalue weighted by Gasteiger charge is -2.20. The molecule has 1 aromatic carbocycles. The third kappa shape index (κ3) is 3.25. The summed E-state index contributed by atoms with van der Waals surface area (Å²) < 4.78 is 1.79. The quantitative estimate of drug-likeness (QED) is 0.639. The van der Waals surface area contributed by atoms with Crippen LogP contribution in [0.1, 0.15) is 24.4 Å². The first-order valence-corrected chi connectivity index (χ1v) is 9.20. The van der Waals surface area contributed by atoms with E-state index in [4.69, 9.17) is 11.6 Å². The highest BCUT2D eigenvalue weighted by atomic mass is 35.5. The Kier molecular flexibility index (Phi) is 4.76. The van der Waals surface area contributed by atoms with Gasteiger partial charge in [0, 0.05) is 37.5 Å². The monoisotopic (exact) mass is 371 g/mol. The van der Waals surface area contributed by atoms with Gasteiger partial charge in [0.05, 0.1) is 17.6 Å². The van der Waals surface area contributed by atoms with Gasteiger partial charge in [-0.1, -0.05) is 30.7 Å². The van der Waals surface area contributed by atoms with Crippen LogP contribution < -0.4 is 16.2 Å². The molecular formula is C18H22ClN7. The smallest absolute Gasteiger partial charge is 0.163 e. The van der Waals surface area contributed by atoms with Crippen molar-refractivity contribution in [3.05, 3.63) is 46.9 Å². The Morgan fingerprint density at radius 1 is 1.27 bits per heavy atom. The van der Waals surface area contributed by atoms with E-state index in [1.165, 1.54) is 5.56 Å². The van der Waals surface area contributed by atoms with Crippen LogP contribution in [0.4, 0.5) is 5.82 Å². The van der Waals surface area contributed by atoms with Crippen molar-refractivity contribution in [3.63, 3.8) is 0 Å². The van der Waals surface area contributed by atoms with Gasteiger partial charge >= 0.3 is 0 Å². The van der Waals surface area contributed by atoms with E-state index in [1.54, 1.807) is 4.68 Å². The lowest BCUT2D eigenvalue weighted by Crippen LogP contribution is -2.26. The second-order valence-electron chi connectivity index (χ2n) is 6.54. The second kappa shape index (κ2) is 7.19. The Bertz CT molecular complexity index is 906. The molecule has 26 heavy (non-hydrogen) atoms. The third-order valence-electron chi connectivity index (χ3n) is 4.81. The molecule has 0 amide bonds. The molecule has 1 fully saturated rings. The molecule has 8 heteroatoms. The Hall–Kier alpha value is -2.22. The van der Waals surface area contributed by atoms with Crippen LogP contribution in [0.25, 0.3) is 11.0 Å². The van der Waals surface area contributed by atoms with E-state index in [0.29, 0.717) is 5.92 Å². The fourth-order valence-electron chi connectivity index (χ4n) is 3.34. The number of nitrogens with zero attached hydrogens (tertiary/aromatic N) is 4. The normalized spacial score (nSPS) is 20.0. The largest absolute Gasteiger partial charge is 0.369 e. The number of benzene rings is 1. The first-order valence-electron chi connectivity index (χ1n) is 8.82. The molecule has 7 nitrogen and oxygen atoms in total. The predicted octanol–water partition coefficient (Wildman–Crippen LogP) is 2.46. The number of fused-ring (bicyclic) bond motifs is 1. The summed E-state index contributed by atoms with van der Waals surface area (Å²) in [6.07, 6.45) is 2.61. The molecule has 4 rings (SSSR count). The Labute approximate surface area is 157 Å². The van der Waals surface area contributed by atoms with Crippen LogP contribution in [0.5, 0.6) is 0 Å². The number of rotatable bonds is 5.